The summed E-state index contributed by atoms with van der Waals surface area (Å²) in [6.45, 7) is 4.57. The van der Waals surface area contributed by atoms with Gasteiger partial charge in [-0.2, -0.15) is 0 Å². The Balaban J connectivity index is 2.30. The molecule has 1 saturated carbocycles. The maximum atomic E-state index is 11.7. The summed E-state index contributed by atoms with van der Waals surface area (Å²) >= 11 is 0. The first kappa shape index (κ1) is 11.5. The Hall–Kier alpha value is -0.570. The van der Waals surface area contributed by atoms with Crippen LogP contribution in [-0.2, 0) is 4.79 Å². The van der Waals surface area contributed by atoms with Crippen molar-refractivity contribution in [2.75, 3.05) is 6.54 Å². The van der Waals surface area contributed by atoms with Crippen molar-refractivity contribution < 1.29 is 4.79 Å². The van der Waals surface area contributed by atoms with E-state index in [1.54, 1.807) is 0 Å². The van der Waals surface area contributed by atoms with Crippen molar-refractivity contribution in [3.05, 3.63) is 0 Å². The Morgan fingerprint density at radius 3 is 2.57 bits per heavy atom. The van der Waals surface area contributed by atoms with Crippen LogP contribution in [-0.4, -0.2) is 18.5 Å². The van der Waals surface area contributed by atoms with E-state index in [4.69, 9.17) is 5.73 Å². The van der Waals surface area contributed by atoms with Crippen molar-refractivity contribution in [1.82, 2.24) is 5.32 Å². The highest BCUT2D eigenvalue weighted by atomic mass is 16.1. The fourth-order valence-corrected chi connectivity index (χ4v) is 1.86. The number of carbonyl (C=O) groups excluding carboxylic acids is 1. The molecule has 1 amide bonds. The van der Waals surface area contributed by atoms with Crippen molar-refractivity contribution in [2.45, 2.75) is 45.6 Å². The SMILES string of the molecule is CCC(CN)C(=O)NC(C)C1CCC1. The average Bonchev–Trinajstić information content (AvgIpc) is 2.02. The quantitative estimate of drug-likeness (QED) is 0.699. The van der Waals surface area contributed by atoms with Gasteiger partial charge < -0.3 is 11.1 Å². The molecule has 0 bridgehead atoms. The van der Waals surface area contributed by atoms with Crippen LogP contribution in [0.25, 0.3) is 0 Å². The number of carbonyl (C=O) groups is 1. The number of rotatable bonds is 5. The number of amides is 1. The molecule has 2 unspecified atom stereocenters. The molecule has 3 heteroatoms. The van der Waals surface area contributed by atoms with E-state index >= 15 is 0 Å². The van der Waals surface area contributed by atoms with Gasteiger partial charge in [0.05, 0.1) is 0 Å². The molecule has 82 valence electrons. The zero-order chi connectivity index (χ0) is 10.6. The normalized spacial score (nSPS) is 21.1. The Morgan fingerprint density at radius 1 is 1.57 bits per heavy atom. The minimum Gasteiger partial charge on any atom is -0.353 e. The number of hydrogen-bond donors (Lipinski definition) is 2. The second kappa shape index (κ2) is 5.35. The van der Waals surface area contributed by atoms with Crippen molar-refractivity contribution in [2.24, 2.45) is 17.6 Å². The summed E-state index contributed by atoms with van der Waals surface area (Å²) in [6, 6.07) is 0.330. The lowest BCUT2D eigenvalue weighted by molar-refractivity contribution is -0.126. The van der Waals surface area contributed by atoms with Gasteiger partial charge in [0, 0.05) is 18.5 Å². The molecule has 0 spiro atoms. The number of hydrogen-bond acceptors (Lipinski definition) is 2. The molecular weight excluding hydrogens is 176 g/mol. The highest BCUT2D eigenvalue weighted by Gasteiger charge is 2.26. The predicted molar refractivity (Wildman–Crippen MR) is 57.8 cm³/mol. The maximum Gasteiger partial charge on any atom is 0.224 e. The Morgan fingerprint density at radius 2 is 2.21 bits per heavy atom. The van der Waals surface area contributed by atoms with Gasteiger partial charge in [0.2, 0.25) is 5.91 Å². The van der Waals surface area contributed by atoms with Crippen LogP contribution in [0.15, 0.2) is 0 Å². The molecule has 3 N–H and O–H groups in total. The summed E-state index contributed by atoms with van der Waals surface area (Å²) in [6.07, 6.45) is 4.68. The number of nitrogens with two attached hydrogens (primary N) is 1. The third-order valence-corrected chi connectivity index (χ3v) is 3.37. The smallest absolute Gasteiger partial charge is 0.224 e. The highest BCUT2D eigenvalue weighted by Crippen LogP contribution is 2.29. The zero-order valence-electron chi connectivity index (χ0n) is 9.25. The lowest BCUT2D eigenvalue weighted by Crippen LogP contribution is -2.44. The lowest BCUT2D eigenvalue weighted by atomic mass is 9.80. The third-order valence-electron chi connectivity index (χ3n) is 3.37. The van der Waals surface area contributed by atoms with Crippen LogP contribution in [0.1, 0.15) is 39.5 Å². The summed E-state index contributed by atoms with van der Waals surface area (Å²) in [7, 11) is 0. The van der Waals surface area contributed by atoms with Gasteiger partial charge in [0.15, 0.2) is 0 Å². The van der Waals surface area contributed by atoms with Crippen LogP contribution >= 0.6 is 0 Å². The predicted octanol–water partition coefficient (Wildman–Crippen LogP) is 1.28. The second-order valence-electron chi connectivity index (χ2n) is 4.33. The summed E-state index contributed by atoms with van der Waals surface area (Å²) in [4.78, 5) is 11.7. The van der Waals surface area contributed by atoms with Crippen LogP contribution in [0, 0.1) is 11.8 Å². The van der Waals surface area contributed by atoms with E-state index < -0.39 is 0 Å². The van der Waals surface area contributed by atoms with Gasteiger partial charge in [-0.15, -0.1) is 0 Å². The summed E-state index contributed by atoms with van der Waals surface area (Å²) in [5.41, 5.74) is 5.52. The largest absolute Gasteiger partial charge is 0.353 e. The van der Waals surface area contributed by atoms with Gasteiger partial charge in [-0.25, -0.2) is 0 Å². The van der Waals surface area contributed by atoms with Crippen LogP contribution in [0.5, 0.6) is 0 Å². The molecule has 1 fully saturated rings. The molecule has 2 atom stereocenters. The monoisotopic (exact) mass is 198 g/mol. The van der Waals surface area contributed by atoms with E-state index in [9.17, 15) is 4.79 Å². The molecule has 0 saturated heterocycles. The van der Waals surface area contributed by atoms with Gasteiger partial charge in [0.1, 0.15) is 0 Å². The van der Waals surface area contributed by atoms with E-state index in [1.165, 1.54) is 19.3 Å². The first-order valence-electron chi connectivity index (χ1n) is 5.69. The van der Waals surface area contributed by atoms with Crippen LogP contribution in [0.2, 0.25) is 0 Å². The Kier molecular flexibility index (Phi) is 4.39. The molecule has 0 radical (unpaired) electrons. The third kappa shape index (κ3) is 2.71. The minimum absolute atomic E-state index is 0.00229. The molecule has 1 aliphatic carbocycles. The van der Waals surface area contributed by atoms with Crippen LogP contribution in [0.3, 0.4) is 0 Å². The fraction of sp³-hybridized carbons (Fsp3) is 0.909. The Labute approximate surface area is 86.4 Å². The molecule has 3 nitrogen and oxygen atoms in total. The molecule has 0 aromatic rings. The summed E-state index contributed by atoms with van der Waals surface area (Å²) < 4.78 is 0. The molecular formula is C11H22N2O. The van der Waals surface area contributed by atoms with E-state index in [0.717, 1.165) is 6.42 Å². The molecule has 1 aliphatic rings. The van der Waals surface area contributed by atoms with Crippen molar-refractivity contribution >= 4 is 5.91 Å². The number of nitrogens with one attached hydrogen (secondary N) is 1. The van der Waals surface area contributed by atoms with Crippen LogP contribution in [0.4, 0.5) is 0 Å². The fourth-order valence-electron chi connectivity index (χ4n) is 1.86. The van der Waals surface area contributed by atoms with Crippen LogP contribution < -0.4 is 11.1 Å². The molecule has 0 aromatic carbocycles. The van der Waals surface area contributed by atoms with Gasteiger partial charge in [-0.05, 0) is 32.1 Å². The standard InChI is InChI=1S/C11H22N2O/c1-3-9(7-12)11(14)13-8(2)10-5-4-6-10/h8-10H,3-7,12H2,1-2H3,(H,13,14). The average molecular weight is 198 g/mol. The van der Waals surface area contributed by atoms with Crippen molar-refractivity contribution in [1.29, 1.82) is 0 Å². The van der Waals surface area contributed by atoms with Crippen molar-refractivity contribution in [3.63, 3.8) is 0 Å². The lowest BCUT2D eigenvalue weighted by Gasteiger charge is -2.32. The topological polar surface area (TPSA) is 55.1 Å². The van der Waals surface area contributed by atoms with E-state index in [-0.39, 0.29) is 11.8 Å². The van der Waals surface area contributed by atoms with Gasteiger partial charge in [-0.3, -0.25) is 4.79 Å². The van der Waals surface area contributed by atoms with Crippen molar-refractivity contribution in [3.8, 4) is 0 Å². The van der Waals surface area contributed by atoms with Gasteiger partial charge >= 0.3 is 0 Å². The van der Waals surface area contributed by atoms with E-state index in [0.29, 0.717) is 18.5 Å². The molecule has 1 rings (SSSR count). The highest BCUT2D eigenvalue weighted by molar-refractivity contribution is 5.79. The molecule has 0 aromatic heterocycles. The summed E-state index contributed by atoms with van der Waals surface area (Å²) in [5, 5.41) is 3.06. The van der Waals surface area contributed by atoms with Gasteiger partial charge in [-0.1, -0.05) is 13.3 Å². The molecule has 14 heavy (non-hydrogen) atoms. The second-order valence-corrected chi connectivity index (χ2v) is 4.33. The molecule has 0 heterocycles. The minimum atomic E-state index is -0.00229. The Bertz CT molecular complexity index is 186. The summed E-state index contributed by atoms with van der Waals surface area (Å²) in [5.74, 6) is 0.834. The first-order chi connectivity index (χ1) is 6.69. The van der Waals surface area contributed by atoms with Gasteiger partial charge in [0.25, 0.3) is 0 Å². The maximum absolute atomic E-state index is 11.7. The van der Waals surface area contributed by atoms with E-state index in [2.05, 4.69) is 12.2 Å². The van der Waals surface area contributed by atoms with E-state index in [1.807, 2.05) is 6.92 Å². The zero-order valence-corrected chi connectivity index (χ0v) is 9.25. The first-order valence-corrected chi connectivity index (χ1v) is 5.69. The molecule has 0 aliphatic heterocycles.